The van der Waals surface area contributed by atoms with Crippen molar-refractivity contribution in [1.82, 2.24) is 0 Å². The number of ether oxygens (including phenoxy) is 3. The van der Waals surface area contributed by atoms with Gasteiger partial charge in [-0.25, -0.2) is 4.79 Å². The fourth-order valence-corrected chi connectivity index (χ4v) is 1.07. The van der Waals surface area contributed by atoms with E-state index in [2.05, 4.69) is 4.74 Å². The van der Waals surface area contributed by atoms with Gasteiger partial charge in [-0.15, -0.1) is 0 Å². The van der Waals surface area contributed by atoms with Gasteiger partial charge >= 0.3 is 5.97 Å². The number of methoxy groups -OCH3 is 2. The second kappa shape index (κ2) is 5.36. The van der Waals surface area contributed by atoms with Gasteiger partial charge in [0.05, 0.1) is 7.11 Å². The van der Waals surface area contributed by atoms with E-state index >= 15 is 0 Å². The first-order valence-corrected chi connectivity index (χ1v) is 4.55. The summed E-state index contributed by atoms with van der Waals surface area (Å²) < 4.78 is 15.0. The Morgan fingerprint density at radius 3 is 2.53 bits per heavy atom. The van der Waals surface area contributed by atoms with Crippen molar-refractivity contribution in [3.63, 3.8) is 0 Å². The Balaban J connectivity index is 2.91. The largest absolute Gasteiger partial charge is 0.465 e. The topological polar surface area (TPSA) is 44.8 Å². The van der Waals surface area contributed by atoms with Crippen molar-refractivity contribution in [2.75, 3.05) is 14.2 Å². The Hall–Kier alpha value is -1.55. The van der Waals surface area contributed by atoms with Gasteiger partial charge in [0.1, 0.15) is 11.3 Å². The molecule has 0 aliphatic carbocycles. The standard InChI is InChI=1S/C11H14O4/c1-8(13-2)15-10-7-5-4-6-9(10)11(12)14-3/h4-8H,1-3H3. The molecular formula is C11H14O4. The first-order chi connectivity index (χ1) is 7.19. The first-order valence-electron chi connectivity index (χ1n) is 4.55. The lowest BCUT2D eigenvalue weighted by atomic mass is 10.2. The number of hydrogen-bond donors (Lipinski definition) is 0. The number of carbonyl (C=O) groups excluding carboxylic acids is 1. The minimum Gasteiger partial charge on any atom is -0.465 e. The Morgan fingerprint density at radius 1 is 1.27 bits per heavy atom. The molecule has 0 N–H and O–H groups in total. The lowest BCUT2D eigenvalue weighted by molar-refractivity contribution is -0.0388. The number of benzene rings is 1. The van der Waals surface area contributed by atoms with Crippen molar-refractivity contribution >= 4 is 5.97 Å². The summed E-state index contributed by atoms with van der Waals surface area (Å²) in [5.41, 5.74) is 0.393. The molecule has 0 saturated heterocycles. The number of rotatable bonds is 4. The molecule has 0 aliphatic rings. The summed E-state index contributed by atoms with van der Waals surface area (Å²) in [6.07, 6.45) is -0.407. The fraction of sp³-hybridized carbons (Fsp3) is 0.364. The van der Waals surface area contributed by atoms with Gasteiger partial charge in [-0.2, -0.15) is 0 Å². The van der Waals surface area contributed by atoms with E-state index < -0.39 is 12.3 Å². The van der Waals surface area contributed by atoms with Crippen LogP contribution in [0.25, 0.3) is 0 Å². The maximum Gasteiger partial charge on any atom is 0.341 e. The van der Waals surface area contributed by atoms with E-state index in [9.17, 15) is 4.79 Å². The van der Waals surface area contributed by atoms with E-state index in [1.165, 1.54) is 14.2 Å². The SMILES string of the molecule is COC(=O)c1ccccc1OC(C)OC. The quantitative estimate of drug-likeness (QED) is 0.562. The average molecular weight is 210 g/mol. The highest BCUT2D eigenvalue weighted by molar-refractivity contribution is 5.92. The maximum absolute atomic E-state index is 11.4. The van der Waals surface area contributed by atoms with Crippen molar-refractivity contribution in [1.29, 1.82) is 0 Å². The molecule has 4 heteroatoms. The summed E-state index contributed by atoms with van der Waals surface area (Å²) >= 11 is 0. The van der Waals surface area contributed by atoms with Crippen LogP contribution in [0.5, 0.6) is 5.75 Å². The predicted octanol–water partition coefficient (Wildman–Crippen LogP) is 1.84. The van der Waals surface area contributed by atoms with Crippen LogP contribution in [-0.2, 0) is 9.47 Å². The molecule has 0 bridgehead atoms. The van der Waals surface area contributed by atoms with Crippen LogP contribution in [0, 0.1) is 0 Å². The molecule has 1 aromatic rings. The number of para-hydroxylation sites is 1. The van der Waals surface area contributed by atoms with E-state index in [0.29, 0.717) is 11.3 Å². The zero-order chi connectivity index (χ0) is 11.3. The van der Waals surface area contributed by atoms with Crippen LogP contribution in [-0.4, -0.2) is 26.5 Å². The van der Waals surface area contributed by atoms with Crippen molar-refractivity contribution < 1.29 is 19.0 Å². The van der Waals surface area contributed by atoms with Crippen molar-refractivity contribution in [2.24, 2.45) is 0 Å². The lowest BCUT2D eigenvalue weighted by Gasteiger charge is -2.14. The minimum absolute atomic E-state index is 0.393. The molecule has 0 radical (unpaired) electrons. The van der Waals surface area contributed by atoms with Crippen LogP contribution in [0.4, 0.5) is 0 Å². The molecule has 4 nitrogen and oxygen atoms in total. The molecule has 0 aromatic heterocycles. The van der Waals surface area contributed by atoms with Gasteiger partial charge in [0.25, 0.3) is 0 Å². The Bertz CT molecular complexity index is 335. The molecule has 0 saturated carbocycles. The second-order valence-electron chi connectivity index (χ2n) is 2.91. The molecule has 0 aliphatic heterocycles. The van der Waals surface area contributed by atoms with E-state index in [0.717, 1.165) is 0 Å². The van der Waals surface area contributed by atoms with Crippen LogP contribution in [0.15, 0.2) is 24.3 Å². The normalized spacial score (nSPS) is 11.9. The molecule has 0 fully saturated rings. The summed E-state index contributed by atoms with van der Waals surface area (Å²) in [6, 6.07) is 6.87. The molecule has 0 amide bonds. The van der Waals surface area contributed by atoms with Gasteiger partial charge in [-0.05, 0) is 19.1 Å². The highest BCUT2D eigenvalue weighted by atomic mass is 16.7. The summed E-state index contributed by atoms with van der Waals surface area (Å²) in [5, 5.41) is 0. The molecule has 1 unspecified atom stereocenters. The van der Waals surface area contributed by atoms with Crippen LogP contribution < -0.4 is 4.74 Å². The third-order valence-corrected chi connectivity index (χ3v) is 1.92. The zero-order valence-electron chi connectivity index (χ0n) is 9.02. The highest BCUT2D eigenvalue weighted by Gasteiger charge is 2.13. The average Bonchev–Trinajstić information content (AvgIpc) is 2.28. The summed E-state index contributed by atoms with van der Waals surface area (Å²) in [6.45, 7) is 1.74. The van der Waals surface area contributed by atoms with E-state index in [4.69, 9.17) is 9.47 Å². The Labute approximate surface area is 88.8 Å². The molecule has 15 heavy (non-hydrogen) atoms. The third-order valence-electron chi connectivity index (χ3n) is 1.92. The number of esters is 1. The van der Waals surface area contributed by atoms with Gasteiger partial charge < -0.3 is 14.2 Å². The zero-order valence-corrected chi connectivity index (χ0v) is 9.02. The Morgan fingerprint density at radius 2 is 1.93 bits per heavy atom. The van der Waals surface area contributed by atoms with Crippen LogP contribution >= 0.6 is 0 Å². The van der Waals surface area contributed by atoms with Crippen molar-refractivity contribution in [3.05, 3.63) is 29.8 Å². The van der Waals surface area contributed by atoms with Gasteiger partial charge in [-0.1, -0.05) is 12.1 Å². The summed E-state index contributed by atoms with van der Waals surface area (Å²) in [7, 11) is 2.87. The smallest absolute Gasteiger partial charge is 0.341 e. The molecular weight excluding hydrogens is 196 g/mol. The van der Waals surface area contributed by atoms with Crippen molar-refractivity contribution in [2.45, 2.75) is 13.2 Å². The molecule has 0 spiro atoms. The summed E-state index contributed by atoms with van der Waals surface area (Å²) in [4.78, 5) is 11.4. The van der Waals surface area contributed by atoms with Crippen LogP contribution in [0.2, 0.25) is 0 Å². The molecule has 82 valence electrons. The number of hydrogen-bond acceptors (Lipinski definition) is 4. The van der Waals surface area contributed by atoms with E-state index in [1.54, 1.807) is 31.2 Å². The molecule has 0 heterocycles. The fourth-order valence-electron chi connectivity index (χ4n) is 1.07. The van der Waals surface area contributed by atoms with E-state index in [-0.39, 0.29) is 0 Å². The van der Waals surface area contributed by atoms with Crippen LogP contribution in [0.3, 0.4) is 0 Å². The molecule has 1 atom stereocenters. The highest BCUT2D eigenvalue weighted by Crippen LogP contribution is 2.20. The monoisotopic (exact) mass is 210 g/mol. The third kappa shape index (κ3) is 2.95. The lowest BCUT2D eigenvalue weighted by Crippen LogP contribution is -2.16. The molecule has 1 rings (SSSR count). The maximum atomic E-state index is 11.4. The van der Waals surface area contributed by atoms with Crippen molar-refractivity contribution in [3.8, 4) is 5.75 Å². The number of carbonyl (C=O) groups is 1. The van der Waals surface area contributed by atoms with Gasteiger partial charge in [0, 0.05) is 7.11 Å². The van der Waals surface area contributed by atoms with Gasteiger partial charge in [0.2, 0.25) is 0 Å². The van der Waals surface area contributed by atoms with E-state index in [1.807, 2.05) is 0 Å². The molecule has 1 aromatic carbocycles. The second-order valence-corrected chi connectivity index (χ2v) is 2.91. The summed E-state index contributed by atoms with van der Waals surface area (Å²) in [5.74, 6) is 0.0348. The predicted molar refractivity (Wildman–Crippen MR) is 54.9 cm³/mol. The van der Waals surface area contributed by atoms with Gasteiger partial charge in [-0.3, -0.25) is 0 Å². The first kappa shape index (κ1) is 11.5. The minimum atomic E-state index is -0.422. The Kier molecular flexibility index (Phi) is 4.12. The van der Waals surface area contributed by atoms with Crippen LogP contribution in [0.1, 0.15) is 17.3 Å². The van der Waals surface area contributed by atoms with Gasteiger partial charge in [0.15, 0.2) is 6.29 Å².